The average molecular weight is 462 g/mol. The first-order valence-electron chi connectivity index (χ1n) is 10.8. The molecular formula is C23H31N3O7. The standard InChI is InChI=1S/C23H31N3O7/c1-15(27)25-17(13-24-22(31)33-23(2,3)4)20(29)26-12-8-11-18(26)21(30)32-14-19(28)16-9-6-5-7-10-16/h5-7,9-10,17-18H,8,11-14H2,1-4H3,(H,24,31)(H,25,27)/t17-,18-/m0/s1. The molecule has 0 aliphatic carbocycles. The lowest BCUT2D eigenvalue weighted by Crippen LogP contribution is -2.55. The molecule has 1 saturated heterocycles. The summed E-state index contributed by atoms with van der Waals surface area (Å²) in [6.45, 7) is 5.99. The van der Waals surface area contributed by atoms with Gasteiger partial charge in [0.15, 0.2) is 12.4 Å². The number of carbonyl (C=O) groups excluding carboxylic acids is 5. The van der Waals surface area contributed by atoms with Gasteiger partial charge in [0, 0.05) is 19.0 Å². The molecule has 10 nitrogen and oxygen atoms in total. The first-order chi connectivity index (χ1) is 15.5. The number of ether oxygens (including phenoxy) is 2. The third-order valence-electron chi connectivity index (χ3n) is 4.77. The van der Waals surface area contributed by atoms with Crippen molar-refractivity contribution in [1.29, 1.82) is 0 Å². The highest BCUT2D eigenvalue weighted by Gasteiger charge is 2.38. The molecule has 2 rings (SSSR count). The number of hydrogen-bond donors (Lipinski definition) is 2. The highest BCUT2D eigenvalue weighted by atomic mass is 16.6. The van der Waals surface area contributed by atoms with Gasteiger partial charge in [-0.3, -0.25) is 14.4 Å². The third kappa shape index (κ3) is 8.21. The van der Waals surface area contributed by atoms with Crippen LogP contribution in [-0.2, 0) is 23.9 Å². The van der Waals surface area contributed by atoms with Crippen molar-refractivity contribution in [3.05, 3.63) is 35.9 Å². The molecule has 2 atom stereocenters. The van der Waals surface area contributed by atoms with Crippen molar-refractivity contribution in [3.63, 3.8) is 0 Å². The van der Waals surface area contributed by atoms with Gasteiger partial charge in [0.05, 0.1) is 6.54 Å². The normalized spacial score (nSPS) is 16.5. The van der Waals surface area contributed by atoms with Crippen molar-refractivity contribution >= 4 is 29.7 Å². The molecule has 0 aromatic heterocycles. The summed E-state index contributed by atoms with van der Waals surface area (Å²) in [5.41, 5.74) is -0.304. The molecular weight excluding hydrogens is 430 g/mol. The van der Waals surface area contributed by atoms with Crippen LogP contribution in [-0.4, -0.2) is 71.9 Å². The van der Waals surface area contributed by atoms with E-state index in [2.05, 4.69) is 10.6 Å². The number of benzene rings is 1. The van der Waals surface area contributed by atoms with Crippen LogP contribution >= 0.6 is 0 Å². The molecule has 180 valence electrons. The van der Waals surface area contributed by atoms with Gasteiger partial charge >= 0.3 is 12.1 Å². The highest BCUT2D eigenvalue weighted by Crippen LogP contribution is 2.20. The van der Waals surface area contributed by atoms with Crippen LogP contribution in [0.1, 0.15) is 50.9 Å². The number of likely N-dealkylation sites (tertiary alicyclic amines) is 1. The Labute approximate surface area is 193 Å². The summed E-state index contributed by atoms with van der Waals surface area (Å²) >= 11 is 0. The maximum atomic E-state index is 13.1. The van der Waals surface area contributed by atoms with E-state index in [-0.39, 0.29) is 18.9 Å². The van der Waals surface area contributed by atoms with Gasteiger partial charge in [-0.15, -0.1) is 0 Å². The number of nitrogens with zero attached hydrogens (tertiary/aromatic N) is 1. The summed E-state index contributed by atoms with van der Waals surface area (Å²) in [6.07, 6.45) is 0.198. The number of rotatable bonds is 8. The molecule has 10 heteroatoms. The molecule has 2 N–H and O–H groups in total. The Morgan fingerprint density at radius 3 is 2.39 bits per heavy atom. The predicted molar refractivity (Wildman–Crippen MR) is 118 cm³/mol. The van der Waals surface area contributed by atoms with Gasteiger partial charge in [-0.05, 0) is 33.6 Å². The molecule has 0 unspecified atom stereocenters. The van der Waals surface area contributed by atoms with Crippen LogP contribution in [0.2, 0.25) is 0 Å². The van der Waals surface area contributed by atoms with Gasteiger partial charge in [0.25, 0.3) is 0 Å². The van der Waals surface area contributed by atoms with Crippen LogP contribution in [0.25, 0.3) is 0 Å². The Hall–Kier alpha value is -3.43. The van der Waals surface area contributed by atoms with Crippen molar-refractivity contribution in [1.82, 2.24) is 15.5 Å². The zero-order valence-electron chi connectivity index (χ0n) is 19.4. The first-order valence-corrected chi connectivity index (χ1v) is 10.8. The SMILES string of the molecule is CC(=O)N[C@@H](CNC(=O)OC(C)(C)C)C(=O)N1CCC[C@H]1C(=O)OCC(=O)c1ccccc1. The number of carbonyl (C=O) groups is 5. The maximum absolute atomic E-state index is 13.1. The smallest absolute Gasteiger partial charge is 0.407 e. The molecule has 1 aliphatic rings. The fourth-order valence-electron chi connectivity index (χ4n) is 3.36. The molecule has 0 bridgehead atoms. The third-order valence-corrected chi connectivity index (χ3v) is 4.77. The molecule has 33 heavy (non-hydrogen) atoms. The number of hydrogen-bond acceptors (Lipinski definition) is 7. The molecule has 0 spiro atoms. The second kappa shape index (κ2) is 11.4. The fraction of sp³-hybridized carbons (Fsp3) is 0.522. The van der Waals surface area contributed by atoms with Gasteiger partial charge in [-0.25, -0.2) is 9.59 Å². The Morgan fingerprint density at radius 1 is 1.12 bits per heavy atom. The van der Waals surface area contributed by atoms with Crippen LogP contribution in [0.3, 0.4) is 0 Å². The molecule has 1 aliphatic heterocycles. The average Bonchev–Trinajstić information content (AvgIpc) is 3.23. The topological polar surface area (TPSA) is 131 Å². The first kappa shape index (κ1) is 25.8. The lowest BCUT2D eigenvalue weighted by atomic mass is 10.1. The van der Waals surface area contributed by atoms with Crippen LogP contribution in [0, 0.1) is 0 Å². The van der Waals surface area contributed by atoms with E-state index in [1.165, 1.54) is 11.8 Å². The molecule has 1 aromatic carbocycles. The molecule has 0 saturated carbocycles. The van der Waals surface area contributed by atoms with Crippen molar-refractivity contribution in [2.45, 2.75) is 58.2 Å². The van der Waals surface area contributed by atoms with Crippen molar-refractivity contribution < 1.29 is 33.4 Å². The summed E-state index contributed by atoms with van der Waals surface area (Å²) in [5.74, 6) is -2.04. The van der Waals surface area contributed by atoms with Crippen LogP contribution in [0.5, 0.6) is 0 Å². The summed E-state index contributed by atoms with van der Waals surface area (Å²) < 4.78 is 10.3. The molecule has 1 aromatic rings. The Kier molecular flexibility index (Phi) is 8.95. The van der Waals surface area contributed by atoms with Gasteiger partial charge in [0.1, 0.15) is 17.7 Å². The zero-order valence-corrected chi connectivity index (χ0v) is 19.4. The van der Waals surface area contributed by atoms with Gasteiger partial charge in [-0.1, -0.05) is 30.3 Å². The summed E-state index contributed by atoms with van der Waals surface area (Å²) in [5, 5.41) is 4.97. The summed E-state index contributed by atoms with van der Waals surface area (Å²) in [6, 6.07) is 6.47. The zero-order chi connectivity index (χ0) is 24.6. The minimum absolute atomic E-state index is 0.210. The highest BCUT2D eigenvalue weighted by molar-refractivity contribution is 5.98. The Morgan fingerprint density at radius 2 is 1.79 bits per heavy atom. The minimum atomic E-state index is -1.09. The summed E-state index contributed by atoms with van der Waals surface area (Å²) in [7, 11) is 0. The largest absolute Gasteiger partial charge is 0.456 e. The Bertz CT molecular complexity index is 880. The molecule has 1 fully saturated rings. The van der Waals surface area contributed by atoms with E-state index in [9.17, 15) is 24.0 Å². The van der Waals surface area contributed by atoms with E-state index < -0.39 is 48.2 Å². The number of alkyl carbamates (subject to hydrolysis) is 1. The molecule has 0 radical (unpaired) electrons. The Balaban J connectivity index is 1.99. The van der Waals surface area contributed by atoms with E-state index in [1.807, 2.05) is 0 Å². The number of ketones is 1. The number of amides is 3. The van der Waals surface area contributed by atoms with Gasteiger partial charge < -0.3 is 25.0 Å². The number of esters is 1. The van der Waals surface area contributed by atoms with E-state index in [1.54, 1.807) is 51.1 Å². The molecule has 1 heterocycles. The lowest BCUT2D eigenvalue weighted by Gasteiger charge is -2.28. The van der Waals surface area contributed by atoms with Gasteiger partial charge in [-0.2, -0.15) is 0 Å². The predicted octanol–water partition coefficient (Wildman–Crippen LogP) is 1.43. The van der Waals surface area contributed by atoms with E-state index >= 15 is 0 Å². The van der Waals surface area contributed by atoms with Crippen molar-refractivity contribution in [2.24, 2.45) is 0 Å². The number of nitrogens with one attached hydrogen (secondary N) is 2. The van der Waals surface area contributed by atoms with E-state index in [0.717, 1.165) is 0 Å². The van der Waals surface area contributed by atoms with E-state index in [0.29, 0.717) is 18.4 Å². The lowest BCUT2D eigenvalue weighted by molar-refractivity contribution is -0.153. The fourth-order valence-corrected chi connectivity index (χ4v) is 3.36. The maximum Gasteiger partial charge on any atom is 0.407 e. The van der Waals surface area contributed by atoms with Crippen LogP contribution in [0.4, 0.5) is 4.79 Å². The monoisotopic (exact) mass is 461 g/mol. The van der Waals surface area contributed by atoms with Crippen LogP contribution < -0.4 is 10.6 Å². The minimum Gasteiger partial charge on any atom is -0.456 e. The quantitative estimate of drug-likeness (QED) is 0.442. The van der Waals surface area contributed by atoms with Gasteiger partial charge in [0.2, 0.25) is 11.8 Å². The second-order valence-electron chi connectivity index (χ2n) is 8.72. The number of Topliss-reactive ketones (excluding diaryl/α,β-unsaturated/α-hetero) is 1. The summed E-state index contributed by atoms with van der Waals surface area (Å²) in [4.78, 5) is 62.8. The van der Waals surface area contributed by atoms with Crippen molar-refractivity contribution in [3.8, 4) is 0 Å². The van der Waals surface area contributed by atoms with Crippen LogP contribution in [0.15, 0.2) is 30.3 Å². The van der Waals surface area contributed by atoms with E-state index in [4.69, 9.17) is 9.47 Å². The second-order valence-corrected chi connectivity index (χ2v) is 8.72. The van der Waals surface area contributed by atoms with Crippen molar-refractivity contribution in [2.75, 3.05) is 19.7 Å². The molecule has 3 amide bonds.